The molecule has 0 aliphatic rings. The third-order valence-electron chi connectivity index (χ3n) is 1.72. The summed E-state index contributed by atoms with van der Waals surface area (Å²) in [5.74, 6) is -0.927. The molecule has 0 spiro atoms. The largest absolute Gasteiger partial charge is 0.339 e. The van der Waals surface area contributed by atoms with E-state index in [0.29, 0.717) is 0 Å². The van der Waals surface area contributed by atoms with Gasteiger partial charge in [-0.3, -0.25) is 4.79 Å². The molecular formula is C8H13N3O3S. The summed E-state index contributed by atoms with van der Waals surface area (Å²) < 4.78 is 26.5. The molecule has 0 saturated heterocycles. The molecular weight excluding hydrogens is 218 g/mol. The zero-order valence-corrected chi connectivity index (χ0v) is 9.58. The number of amides is 1. The van der Waals surface area contributed by atoms with Gasteiger partial charge in [0.25, 0.3) is 10.0 Å². The second kappa shape index (κ2) is 4.01. The first kappa shape index (κ1) is 11.7. The lowest BCUT2D eigenvalue weighted by atomic mass is 10.2. The molecule has 1 aromatic rings. The maximum absolute atomic E-state index is 11.6. The van der Waals surface area contributed by atoms with Crippen LogP contribution in [0, 0.1) is 5.92 Å². The number of carbonyl (C=O) groups is 1. The van der Waals surface area contributed by atoms with Crippen molar-refractivity contribution in [3.05, 3.63) is 12.5 Å². The van der Waals surface area contributed by atoms with Crippen LogP contribution < -0.4 is 4.72 Å². The van der Waals surface area contributed by atoms with Gasteiger partial charge in [0.1, 0.15) is 0 Å². The average Bonchev–Trinajstić information content (AvgIpc) is 2.51. The molecule has 1 amide bonds. The SMILES string of the molecule is CC(C)C(=O)NS(=O)(=O)c1cn(C)cn1. The molecule has 84 valence electrons. The molecule has 1 heterocycles. The lowest BCUT2D eigenvalue weighted by molar-refractivity contribution is -0.122. The molecule has 0 unspecified atom stereocenters. The van der Waals surface area contributed by atoms with Crippen molar-refractivity contribution in [2.75, 3.05) is 0 Å². The summed E-state index contributed by atoms with van der Waals surface area (Å²) in [7, 11) is -2.17. The zero-order valence-electron chi connectivity index (χ0n) is 8.76. The fraction of sp³-hybridized carbons (Fsp3) is 0.500. The van der Waals surface area contributed by atoms with Crippen LogP contribution in [0.15, 0.2) is 17.6 Å². The van der Waals surface area contributed by atoms with Gasteiger partial charge in [0.05, 0.1) is 6.33 Å². The number of nitrogens with zero attached hydrogens (tertiary/aromatic N) is 2. The van der Waals surface area contributed by atoms with Crippen molar-refractivity contribution in [3.8, 4) is 0 Å². The van der Waals surface area contributed by atoms with E-state index >= 15 is 0 Å². The minimum Gasteiger partial charge on any atom is -0.339 e. The van der Waals surface area contributed by atoms with Gasteiger partial charge in [-0.05, 0) is 0 Å². The number of imidazole rings is 1. The van der Waals surface area contributed by atoms with Crippen LogP contribution in [-0.2, 0) is 21.9 Å². The molecule has 15 heavy (non-hydrogen) atoms. The van der Waals surface area contributed by atoms with Crippen molar-refractivity contribution >= 4 is 15.9 Å². The van der Waals surface area contributed by atoms with E-state index in [1.807, 2.05) is 4.72 Å². The summed E-state index contributed by atoms with van der Waals surface area (Å²) in [5.41, 5.74) is 0. The molecule has 7 heteroatoms. The number of nitrogens with one attached hydrogen (secondary N) is 1. The van der Waals surface area contributed by atoms with E-state index in [-0.39, 0.29) is 10.9 Å². The summed E-state index contributed by atoms with van der Waals surface area (Å²) in [5, 5.41) is -0.154. The number of carbonyl (C=O) groups excluding carboxylic acids is 1. The Morgan fingerprint density at radius 1 is 1.53 bits per heavy atom. The summed E-state index contributed by atoms with van der Waals surface area (Å²) in [6.45, 7) is 3.23. The molecule has 1 aromatic heterocycles. The molecule has 1 N–H and O–H groups in total. The van der Waals surface area contributed by atoms with Crippen molar-refractivity contribution in [2.24, 2.45) is 13.0 Å². The Bertz CT molecular complexity index is 461. The van der Waals surface area contributed by atoms with E-state index in [1.54, 1.807) is 20.9 Å². The fourth-order valence-corrected chi connectivity index (χ4v) is 1.93. The Morgan fingerprint density at radius 2 is 2.13 bits per heavy atom. The van der Waals surface area contributed by atoms with Gasteiger partial charge in [-0.15, -0.1) is 0 Å². The summed E-state index contributed by atoms with van der Waals surface area (Å²) in [6.07, 6.45) is 2.68. The molecule has 0 radical (unpaired) electrons. The molecule has 0 atom stereocenters. The highest BCUT2D eigenvalue weighted by atomic mass is 32.2. The first-order chi connectivity index (χ1) is 6.83. The lowest BCUT2D eigenvalue weighted by Gasteiger charge is -2.06. The zero-order chi connectivity index (χ0) is 11.6. The average molecular weight is 231 g/mol. The van der Waals surface area contributed by atoms with Crippen LogP contribution in [0.5, 0.6) is 0 Å². The first-order valence-corrected chi connectivity index (χ1v) is 5.86. The number of rotatable bonds is 3. The van der Waals surface area contributed by atoms with Crippen LogP contribution in [0.3, 0.4) is 0 Å². The highest BCUT2D eigenvalue weighted by Crippen LogP contribution is 2.05. The summed E-state index contributed by atoms with van der Waals surface area (Å²) in [6, 6.07) is 0. The van der Waals surface area contributed by atoms with Crippen LogP contribution in [0.1, 0.15) is 13.8 Å². The molecule has 0 aliphatic carbocycles. The molecule has 0 aliphatic heterocycles. The van der Waals surface area contributed by atoms with Crippen molar-refractivity contribution in [2.45, 2.75) is 18.9 Å². The van der Waals surface area contributed by atoms with Crippen molar-refractivity contribution in [3.63, 3.8) is 0 Å². The molecule has 0 bridgehead atoms. The van der Waals surface area contributed by atoms with Crippen LogP contribution >= 0.6 is 0 Å². The number of aromatic nitrogens is 2. The van der Waals surface area contributed by atoms with Gasteiger partial charge >= 0.3 is 0 Å². The quantitative estimate of drug-likeness (QED) is 0.786. The van der Waals surface area contributed by atoms with Crippen molar-refractivity contribution < 1.29 is 13.2 Å². The Hall–Kier alpha value is -1.37. The highest BCUT2D eigenvalue weighted by Gasteiger charge is 2.21. The van der Waals surface area contributed by atoms with Gasteiger partial charge in [0.15, 0.2) is 5.03 Å². The number of sulfonamides is 1. The molecule has 0 aromatic carbocycles. The van der Waals surface area contributed by atoms with Gasteiger partial charge in [-0.1, -0.05) is 13.8 Å². The smallest absolute Gasteiger partial charge is 0.283 e. The minimum atomic E-state index is -3.82. The molecule has 1 rings (SSSR count). The maximum Gasteiger partial charge on any atom is 0.283 e. The van der Waals surface area contributed by atoms with E-state index in [9.17, 15) is 13.2 Å². The topological polar surface area (TPSA) is 81.1 Å². The van der Waals surface area contributed by atoms with E-state index in [4.69, 9.17) is 0 Å². The van der Waals surface area contributed by atoms with Gasteiger partial charge in [0, 0.05) is 19.2 Å². The molecule has 0 fully saturated rings. The highest BCUT2D eigenvalue weighted by molar-refractivity contribution is 7.90. The van der Waals surface area contributed by atoms with E-state index < -0.39 is 15.9 Å². The molecule has 0 saturated carbocycles. The Balaban J connectivity index is 2.90. The Kier molecular flexibility index (Phi) is 3.13. The van der Waals surface area contributed by atoms with Crippen LogP contribution in [0.2, 0.25) is 0 Å². The standard InChI is InChI=1S/C8H13N3O3S/c1-6(2)8(12)10-15(13,14)7-4-11(3)5-9-7/h4-6H,1-3H3,(H,10,12). The van der Waals surface area contributed by atoms with Crippen LogP contribution in [-0.4, -0.2) is 23.9 Å². The predicted molar refractivity (Wildman–Crippen MR) is 53.4 cm³/mol. The van der Waals surface area contributed by atoms with Crippen LogP contribution in [0.25, 0.3) is 0 Å². The third-order valence-corrected chi connectivity index (χ3v) is 2.95. The summed E-state index contributed by atoms with van der Waals surface area (Å²) >= 11 is 0. The second-order valence-corrected chi connectivity index (χ2v) is 5.13. The van der Waals surface area contributed by atoms with Crippen molar-refractivity contribution in [1.82, 2.24) is 14.3 Å². The normalized spacial score (nSPS) is 11.7. The summed E-state index contributed by atoms with van der Waals surface area (Å²) in [4.78, 5) is 14.9. The molecule has 6 nitrogen and oxygen atoms in total. The predicted octanol–water partition coefficient (Wildman–Crippen LogP) is -0.119. The monoisotopic (exact) mass is 231 g/mol. The van der Waals surface area contributed by atoms with E-state index in [2.05, 4.69) is 4.98 Å². The van der Waals surface area contributed by atoms with Gasteiger partial charge in [-0.25, -0.2) is 9.71 Å². The third kappa shape index (κ3) is 2.79. The first-order valence-electron chi connectivity index (χ1n) is 4.37. The maximum atomic E-state index is 11.6. The number of hydrogen-bond donors (Lipinski definition) is 1. The van der Waals surface area contributed by atoms with Crippen LogP contribution in [0.4, 0.5) is 0 Å². The van der Waals surface area contributed by atoms with Crippen molar-refractivity contribution in [1.29, 1.82) is 0 Å². The fourth-order valence-electron chi connectivity index (χ4n) is 0.830. The van der Waals surface area contributed by atoms with E-state index in [1.165, 1.54) is 17.1 Å². The second-order valence-electron chi connectivity index (χ2n) is 3.50. The number of aryl methyl sites for hydroxylation is 1. The van der Waals surface area contributed by atoms with E-state index in [0.717, 1.165) is 0 Å². The lowest BCUT2D eigenvalue weighted by Crippen LogP contribution is -2.33. The van der Waals surface area contributed by atoms with Gasteiger partial charge in [0.2, 0.25) is 5.91 Å². The van der Waals surface area contributed by atoms with Gasteiger partial charge in [-0.2, -0.15) is 8.42 Å². The Morgan fingerprint density at radius 3 is 2.53 bits per heavy atom. The Labute approximate surface area is 88.4 Å². The minimum absolute atomic E-state index is 0.154. The van der Waals surface area contributed by atoms with Gasteiger partial charge < -0.3 is 4.57 Å². The number of hydrogen-bond acceptors (Lipinski definition) is 4.